The van der Waals surface area contributed by atoms with Crippen molar-refractivity contribution >= 4 is 22.6 Å². The molecular weight excluding hydrogens is 282 g/mol. The second-order valence-corrected chi connectivity index (χ2v) is 5.87. The molecule has 0 saturated carbocycles. The summed E-state index contributed by atoms with van der Waals surface area (Å²) >= 11 is 6.19. The normalized spacial score (nSPS) is 11.4. The van der Waals surface area contributed by atoms with Gasteiger partial charge in [0.05, 0.1) is 5.02 Å². The van der Waals surface area contributed by atoms with Crippen LogP contribution in [0.25, 0.3) is 22.3 Å². The van der Waals surface area contributed by atoms with Crippen molar-refractivity contribution in [1.29, 1.82) is 0 Å². The van der Waals surface area contributed by atoms with Crippen LogP contribution in [0.5, 0.6) is 0 Å². The lowest BCUT2D eigenvalue weighted by Gasteiger charge is -2.11. The van der Waals surface area contributed by atoms with Crippen molar-refractivity contribution in [3.63, 3.8) is 0 Å². The highest BCUT2D eigenvalue weighted by atomic mass is 35.5. The monoisotopic (exact) mass is 299 g/mol. The molecule has 3 rings (SSSR count). The van der Waals surface area contributed by atoms with E-state index < -0.39 is 0 Å². The molecule has 108 valence electrons. The molecule has 1 heterocycles. The van der Waals surface area contributed by atoms with Gasteiger partial charge in [0.1, 0.15) is 5.76 Å². The van der Waals surface area contributed by atoms with Crippen molar-refractivity contribution in [2.45, 2.75) is 26.4 Å². The van der Waals surface area contributed by atoms with E-state index in [1.54, 1.807) is 0 Å². The van der Waals surface area contributed by atoms with Gasteiger partial charge in [0.25, 0.3) is 0 Å². The number of nitrogens with one attached hydrogen (secondary N) is 1. The summed E-state index contributed by atoms with van der Waals surface area (Å²) in [5.74, 6) is 0.860. The van der Waals surface area contributed by atoms with Gasteiger partial charge < -0.3 is 9.73 Å². The first-order chi connectivity index (χ1) is 10.1. The van der Waals surface area contributed by atoms with E-state index in [0.717, 1.165) is 28.8 Å². The highest BCUT2D eigenvalue weighted by molar-refractivity contribution is 6.34. The van der Waals surface area contributed by atoms with Crippen LogP contribution in [-0.2, 0) is 6.54 Å². The summed E-state index contributed by atoms with van der Waals surface area (Å²) in [5.41, 5.74) is 3.08. The molecule has 3 aromatic rings. The molecule has 0 unspecified atom stereocenters. The van der Waals surface area contributed by atoms with Crippen molar-refractivity contribution in [2.75, 3.05) is 0 Å². The van der Waals surface area contributed by atoms with Crippen molar-refractivity contribution in [3.8, 4) is 11.3 Å². The molecule has 0 amide bonds. The van der Waals surface area contributed by atoms with Gasteiger partial charge in [0.2, 0.25) is 0 Å². The molecule has 21 heavy (non-hydrogen) atoms. The van der Waals surface area contributed by atoms with Gasteiger partial charge in [-0.25, -0.2) is 0 Å². The highest BCUT2D eigenvalue weighted by Gasteiger charge is 2.12. The number of halogens is 1. The zero-order valence-corrected chi connectivity index (χ0v) is 12.9. The Labute approximate surface area is 129 Å². The first-order valence-electron chi connectivity index (χ1n) is 7.15. The van der Waals surface area contributed by atoms with Gasteiger partial charge in [-0.15, -0.1) is 0 Å². The third-order valence-corrected chi connectivity index (χ3v) is 3.78. The minimum atomic E-state index is 0.447. The molecule has 0 aliphatic heterocycles. The SMILES string of the molecule is CC(C)NCc1ccccc1-c1cc2cccc(Cl)c2o1. The van der Waals surface area contributed by atoms with Crippen molar-refractivity contribution < 1.29 is 4.42 Å². The molecule has 2 nitrogen and oxygen atoms in total. The molecule has 3 heteroatoms. The maximum absolute atomic E-state index is 6.19. The zero-order chi connectivity index (χ0) is 14.8. The van der Waals surface area contributed by atoms with Crippen LogP contribution >= 0.6 is 11.6 Å². The molecule has 1 N–H and O–H groups in total. The average Bonchev–Trinajstić information content (AvgIpc) is 2.91. The lowest BCUT2D eigenvalue weighted by Crippen LogP contribution is -2.22. The number of benzene rings is 2. The fraction of sp³-hybridized carbons (Fsp3) is 0.222. The summed E-state index contributed by atoms with van der Waals surface area (Å²) in [4.78, 5) is 0. The summed E-state index contributed by atoms with van der Waals surface area (Å²) in [7, 11) is 0. The highest BCUT2D eigenvalue weighted by Crippen LogP contribution is 2.33. The Morgan fingerprint density at radius 2 is 1.90 bits per heavy atom. The number of hydrogen-bond acceptors (Lipinski definition) is 2. The Balaban J connectivity index is 2.04. The maximum Gasteiger partial charge on any atom is 0.153 e. The van der Waals surface area contributed by atoms with E-state index in [-0.39, 0.29) is 0 Å². The lowest BCUT2D eigenvalue weighted by atomic mass is 10.0. The van der Waals surface area contributed by atoms with Crippen LogP contribution in [-0.4, -0.2) is 6.04 Å². The first-order valence-corrected chi connectivity index (χ1v) is 7.52. The van der Waals surface area contributed by atoms with E-state index in [9.17, 15) is 0 Å². The Kier molecular flexibility index (Phi) is 4.00. The van der Waals surface area contributed by atoms with Gasteiger partial charge in [-0.1, -0.05) is 61.8 Å². The van der Waals surface area contributed by atoms with Crippen LogP contribution in [0.3, 0.4) is 0 Å². The topological polar surface area (TPSA) is 25.2 Å². The molecule has 0 aliphatic rings. The molecule has 0 spiro atoms. The third kappa shape index (κ3) is 2.97. The quantitative estimate of drug-likeness (QED) is 0.711. The van der Waals surface area contributed by atoms with E-state index in [1.165, 1.54) is 5.56 Å². The maximum atomic E-state index is 6.19. The third-order valence-electron chi connectivity index (χ3n) is 3.48. The second kappa shape index (κ2) is 5.92. The van der Waals surface area contributed by atoms with E-state index in [1.807, 2.05) is 24.3 Å². The number of fused-ring (bicyclic) bond motifs is 1. The number of furan rings is 1. The van der Waals surface area contributed by atoms with Crippen LogP contribution in [0.4, 0.5) is 0 Å². The Hall–Kier alpha value is -1.77. The van der Waals surface area contributed by atoms with Crippen LogP contribution in [0.15, 0.2) is 52.9 Å². The molecule has 0 fully saturated rings. The first kappa shape index (κ1) is 14.2. The number of para-hydroxylation sites is 1. The predicted octanol–water partition coefficient (Wildman–Crippen LogP) is 5.25. The van der Waals surface area contributed by atoms with Crippen LogP contribution < -0.4 is 5.32 Å². The largest absolute Gasteiger partial charge is 0.455 e. The van der Waals surface area contributed by atoms with Gasteiger partial charge in [-0.2, -0.15) is 0 Å². The number of hydrogen-bond donors (Lipinski definition) is 1. The van der Waals surface area contributed by atoms with Gasteiger partial charge in [0.15, 0.2) is 5.58 Å². The number of rotatable bonds is 4. The lowest BCUT2D eigenvalue weighted by molar-refractivity contribution is 0.586. The summed E-state index contributed by atoms with van der Waals surface area (Å²) in [6.07, 6.45) is 0. The summed E-state index contributed by atoms with van der Waals surface area (Å²) in [5, 5.41) is 5.13. The minimum absolute atomic E-state index is 0.447. The Morgan fingerprint density at radius 1 is 1.10 bits per heavy atom. The Bertz CT molecular complexity index is 761. The van der Waals surface area contributed by atoms with Crippen LogP contribution in [0.1, 0.15) is 19.4 Å². The summed E-state index contributed by atoms with van der Waals surface area (Å²) in [6, 6.07) is 16.6. The summed E-state index contributed by atoms with van der Waals surface area (Å²) in [6.45, 7) is 5.10. The molecule has 2 aromatic carbocycles. The molecule has 0 aliphatic carbocycles. The molecule has 0 radical (unpaired) electrons. The minimum Gasteiger partial charge on any atom is -0.455 e. The van der Waals surface area contributed by atoms with E-state index in [2.05, 4.69) is 43.4 Å². The van der Waals surface area contributed by atoms with Gasteiger partial charge in [0, 0.05) is 23.5 Å². The van der Waals surface area contributed by atoms with Crippen molar-refractivity contribution in [3.05, 3.63) is 59.1 Å². The van der Waals surface area contributed by atoms with Crippen molar-refractivity contribution in [2.24, 2.45) is 0 Å². The molecule has 0 atom stereocenters. The van der Waals surface area contributed by atoms with Crippen LogP contribution in [0, 0.1) is 0 Å². The van der Waals surface area contributed by atoms with Gasteiger partial charge >= 0.3 is 0 Å². The molecule has 1 aromatic heterocycles. The molecular formula is C18H18ClNO. The van der Waals surface area contributed by atoms with Crippen molar-refractivity contribution in [1.82, 2.24) is 5.32 Å². The summed E-state index contributed by atoms with van der Waals surface area (Å²) < 4.78 is 5.97. The van der Waals surface area contributed by atoms with E-state index >= 15 is 0 Å². The molecule has 0 bridgehead atoms. The predicted molar refractivity (Wildman–Crippen MR) is 88.6 cm³/mol. The molecule has 0 saturated heterocycles. The fourth-order valence-corrected chi connectivity index (χ4v) is 2.61. The van der Waals surface area contributed by atoms with E-state index in [0.29, 0.717) is 11.1 Å². The second-order valence-electron chi connectivity index (χ2n) is 5.46. The average molecular weight is 300 g/mol. The van der Waals surface area contributed by atoms with Gasteiger partial charge in [-0.05, 0) is 17.7 Å². The fourth-order valence-electron chi connectivity index (χ4n) is 2.39. The van der Waals surface area contributed by atoms with Gasteiger partial charge in [-0.3, -0.25) is 0 Å². The van der Waals surface area contributed by atoms with E-state index in [4.69, 9.17) is 16.0 Å². The Morgan fingerprint density at radius 3 is 2.67 bits per heavy atom. The smallest absolute Gasteiger partial charge is 0.153 e. The standard InChI is InChI=1S/C18H18ClNO/c1-12(2)20-11-14-6-3-4-8-15(14)17-10-13-7-5-9-16(19)18(13)21-17/h3-10,12,20H,11H2,1-2H3. The zero-order valence-electron chi connectivity index (χ0n) is 12.2. The van der Waals surface area contributed by atoms with Crippen LogP contribution in [0.2, 0.25) is 5.02 Å².